The molecule has 2 aromatic rings. The second kappa shape index (κ2) is 7.60. The molecule has 0 saturated carbocycles. The molecule has 2 aliphatic heterocycles. The Balaban J connectivity index is 1.44. The van der Waals surface area contributed by atoms with Crippen molar-refractivity contribution in [2.75, 3.05) is 6.54 Å². The number of carbonyl (C=O) groups is 1. The largest absolute Gasteiger partial charge is 0.392 e. The van der Waals surface area contributed by atoms with Crippen LogP contribution >= 0.6 is 0 Å². The fourth-order valence-electron chi connectivity index (χ4n) is 4.61. The summed E-state index contributed by atoms with van der Waals surface area (Å²) >= 11 is 0. The standard InChI is InChI=1S/C22H26N2O2/c25-15-17-7-4-6-16(12-17)14-23-22(26)19-13-21(18-8-2-1-3-9-18)24-11-5-10-20(19)24/h1-4,6-9,12,19-21,25H,5,10-11,13-15H2,(H,23,26)/t19-,20+,21-/m0/s1. The van der Waals surface area contributed by atoms with Gasteiger partial charge < -0.3 is 10.4 Å². The molecular formula is C22H26N2O2. The third kappa shape index (κ3) is 3.39. The zero-order valence-corrected chi connectivity index (χ0v) is 15.0. The van der Waals surface area contributed by atoms with Gasteiger partial charge >= 0.3 is 0 Å². The fraction of sp³-hybridized carbons (Fsp3) is 0.409. The summed E-state index contributed by atoms with van der Waals surface area (Å²) in [5.74, 6) is 0.221. The van der Waals surface area contributed by atoms with E-state index >= 15 is 0 Å². The van der Waals surface area contributed by atoms with Crippen LogP contribution in [0.4, 0.5) is 0 Å². The van der Waals surface area contributed by atoms with Crippen LogP contribution in [0.3, 0.4) is 0 Å². The number of rotatable bonds is 5. The van der Waals surface area contributed by atoms with Gasteiger partial charge in [-0.15, -0.1) is 0 Å². The number of aliphatic hydroxyl groups excluding tert-OH is 1. The summed E-state index contributed by atoms with van der Waals surface area (Å²) in [7, 11) is 0. The maximum Gasteiger partial charge on any atom is 0.225 e. The summed E-state index contributed by atoms with van der Waals surface area (Å²) in [5, 5.41) is 12.4. The maximum atomic E-state index is 12.9. The smallest absolute Gasteiger partial charge is 0.225 e. The Bertz CT molecular complexity index is 762. The van der Waals surface area contributed by atoms with Gasteiger partial charge in [0, 0.05) is 18.6 Å². The SMILES string of the molecule is O=C(NCc1cccc(CO)c1)[C@H]1C[C@@H](c2ccccc2)N2CCC[C@H]12. The van der Waals surface area contributed by atoms with E-state index in [1.54, 1.807) is 0 Å². The van der Waals surface area contributed by atoms with Crippen LogP contribution in [0, 0.1) is 5.92 Å². The molecule has 2 heterocycles. The van der Waals surface area contributed by atoms with Crippen LogP contribution < -0.4 is 5.32 Å². The van der Waals surface area contributed by atoms with Crippen molar-refractivity contribution in [2.45, 2.75) is 44.5 Å². The highest BCUT2D eigenvalue weighted by Crippen LogP contribution is 2.44. The second-order valence-electron chi connectivity index (χ2n) is 7.41. The lowest BCUT2D eigenvalue weighted by molar-refractivity contribution is -0.125. The summed E-state index contributed by atoms with van der Waals surface area (Å²) in [6.45, 7) is 1.64. The highest BCUT2D eigenvalue weighted by Gasteiger charge is 2.46. The van der Waals surface area contributed by atoms with Crippen LogP contribution in [0.1, 0.15) is 42.0 Å². The van der Waals surface area contributed by atoms with Crippen LogP contribution in [0.15, 0.2) is 54.6 Å². The van der Waals surface area contributed by atoms with Crippen molar-refractivity contribution in [2.24, 2.45) is 5.92 Å². The van der Waals surface area contributed by atoms with Crippen LogP contribution in [0.25, 0.3) is 0 Å². The molecule has 3 atom stereocenters. The molecule has 2 aliphatic rings. The van der Waals surface area contributed by atoms with Gasteiger partial charge in [-0.05, 0) is 42.5 Å². The molecule has 2 fully saturated rings. The van der Waals surface area contributed by atoms with Crippen LogP contribution in [-0.2, 0) is 17.9 Å². The molecular weight excluding hydrogens is 324 g/mol. The Morgan fingerprint density at radius 2 is 1.92 bits per heavy atom. The van der Waals surface area contributed by atoms with Gasteiger partial charge in [-0.25, -0.2) is 0 Å². The molecule has 0 radical (unpaired) electrons. The number of hydrogen-bond donors (Lipinski definition) is 2. The molecule has 0 aliphatic carbocycles. The molecule has 4 nitrogen and oxygen atoms in total. The Morgan fingerprint density at radius 1 is 1.12 bits per heavy atom. The molecule has 0 unspecified atom stereocenters. The van der Waals surface area contributed by atoms with Crippen LogP contribution in [0.2, 0.25) is 0 Å². The van der Waals surface area contributed by atoms with E-state index in [0.29, 0.717) is 18.6 Å². The van der Waals surface area contributed by atoms with Gasteiger partial charge in [0.05, 0.1) is 12.5 Å². The topological polar surface area (TPSA) is 52.6 Å². The summed E-state index contributed by atoms with van der Waals surface area (Å²) in [6, 6.07) is 19.1. The van der Waals surface area contributed by atoms with Crippen molar-refractivity contribution in [1.29, 1.82) is 0 Å². The number of aliphatic hydroxyl groups is 1. The molecule has 2 saturated heterocycles. The van der Waals surface area contributed by atoms with E-state index < -0.39 is 0 Å². The fourth-order valence-corrected chi connectivity index (χ4v) is 4.61. The van der Waals surface area contributed by atoms with Gasteiger partial charge in [0.15, 0.2) is 0 Å². The Morgan fingerprint density at radius 3 is 2.73 bits per heavy atom. The zero-order valence-electron chi connectivity index (χ0n) is 15.0. The Labute approximate surface area is 154 Å². The van der Waals surface area contributed by atoms with Crippen molar-refractivity contribution < 1.29 is 9.90 Å². The summed E-state index contributed by atoms with van der Waals surface area (Å²) in [5.41, 5.74) is 3.24. The van der Waals surface area contributed by atoms with Crippen molar-refractivity contribution in [3.05, 3.63) is 71.3 Å². The highest BCUT2D eigenvalue weighted by molar-refractivity contribution is 5.80. The number of nitrogens with zero attached hydrogens (tertiary/aromatic N) is 1. The van der Waals surface area contributed by atoms with E-state index in [-0.39, 0.29) is 18.4 Å². The summed E-state index contributed by atoms with van der Waals surface area (Å²) in [6.07, 6.45) is 3.19. The van der Waals surface area contributed by atoms with E-state index in [0.717, 1.165) is 30.5 Å². The highest BCUT2D eigenvalue weighted by atomic mass is 16.3. The number of nitrogens with one attached hydrogen (secondary N) is 1. The molecule has 136 valence electrons. The first kappa shape index (κ1) is 17.3. The minimum atomic E-state index is 0.0280. The maximum absolute atomic E-state index is 12.9. The number of benzene rings is 2. The molecule has 0 aromatic heterocycles. The third-order valence-electron chi connectivity index (χ3n) is 5.85. The van der Waals surface area contributed by atoms with Crippen molar-refractivity contribution in [3.8, 4) is 0 Å². The van der Waals surface area contributed by atoms with E-state index in [9.17, 15) is 9.90 Å². The van der Waals surface area contributed by atoms with Gasteiger partial charge in [0.2, 0.25) is 5.91 Å². The van der Waals surface area contributed by atoms with Gasteiger partial charge in [-0.3, -0.25) is 9.69 Å². The van der Waals surface area contributed by atoms with Crippen molar-refractivity contribution >= 4 is 5.91 Å². The average Bonchev–Trinajstić information content (AvgIpc) is 3.29. The molecule has 4 heteroatoms. The predicted molar refractivity (Wildman–Crippen MR) is 101 cm³/mol. The third-order valence-corrected chi connectivity index (χ3v) is 5.85. The van der Waals surface area contributed by atoms with Crippen molar-refractivity contribution in [3.63, 3.8) is 0 Å². The first-order valence-electron chi connectivity index (χ1n) is 9.53. The normalized spacial score (nSPS) is 25.2. The van der Waals surface area contributed by atoms with Crippen molar-refractivity contribution in [1.82, 2.24) is 10.2 Å². The number of carbonyl (C=O) groups excluding carboxylic acids is 1. The molecule has 1 amide bonds. The number of fused-ring (bicyclic) bond motifs is 1. The Kier molecular flexibility index (Phi) is 5.05. The lowest BCUT2D eigenvalue weighted by Gasteiger charge is -2.24. The lowest BCUT2D eigenvalue weighted by Crippen LogP contribution is -2.37. The van der Waals surface area contributed by atoms with E-state index in [1.165, 1.54) is 12.0 Å². The van der Waals surface area contributed by atoms with Crippen LogP contribution in [-0.4, -0.2) is 28.5 Å². The zero-order chi connectivity index (χ0) is 17.9. The first-order chi connectivity index (χ1) is 12.8. The van der Waals surface area contributed by atoms with Gasteiger partial charge in [0.1, 0.15) is 0 Å². The summed E-state index contributed by atoms with van der Waals surface area (Å²) in [4.78, 5) is 15.4. The second-order valence-corrected chi connectivity index (χ2v) is 7.41. The predicted octanol–water partition coefficient (Wildman–Crippen LogP) is 3.02. The summed E-state index contributed by atoms with van der Waals surface area (Å²) < 4.78 is 0. The van der Waals surface area contributed by atoms with Gasteiger partial charge in [-0.1, -0.05) is 54.6 Å². The minimum Gasteiger partial charge on any atom is -0.392 e. The van der Waals surface area contributed by atoms with Gasteiger partial charge in [0.25, 0.3) is 0 Å². The van der Waals surface area contributed by atoms with Gasteiger partial charge in [-0.2, -0.15) is 0 Å². The van der Waals surface area contributed by atoms with E-state index in [2.05, 4.69) is 34.5 Å². The quantitative estimate of drug-likeness (QED) is 0.871. The molecule has 0 spiro atoms. The molecule has 4 rings (SSSR count). The minimum absolute atomic E-state index is 0.0280. The monoisotopic (exact) mass is 350 g/mol. The van der Waals surface area contributed by atoms with E-state index in [4.69, 9.17) is 0 Å². The molecule has 0 bridgehead atoms. The first-order valence-corrected chi connectivity index (χ1v) is 9.53. The molecule has 26 heavy (non-hydrogen) atoms. The van der Waals surface area contributed by atoms with E-state index in [1.807, 2.05) is 30.3 Å². The molecule has 2 aromatic carbocycles. The number of hydrogen-bond acceptors (Lipinski definition) is 3. The lowest BCUT2D eigenvalue weighted by atomic mass is 9.93. The average molecular weight is 350 g/mol. The molecule has 2 N–H and O–H groups in total. The Hall–Kier alpha value is -2.17. The van der Waals surface area contributed by atoms with Crippen LogP contribution in [0.5, 0.6) is 0 Å². The number of amides is 1.